The number of nitrogens with one attached hydrogen (secondary N) is 2. The second kappa shape index (κ2) is 9.35. The summed E-state index contributed by atoms with van der Waals surface area (Å²) in [6.07, 6.45) is 5.46. The first-order valence-corrected chi connectivity index (χ1v) is 11.8. The standard InChI is InChI=1S/C25H22N10O3/c1-14-3-6-20(34-13-28-32-33-34)16(9-14)18-10-23(36)35-21(7-8-22(35)30-18)24-27-12-19(31-24)17-5-4-15(11-26-17)29-25(37)38-2/h3-6,9-13,21H,7-8H2,1-2H3,(H,27,31)(H,29,37)/t21-/m0/s1. The number of methoxy groups -OCH3 is 1. The van der Waals surface area contributed by atoms with Crippen LogP contribution in [0.5, 0.6) is 0 Å². The molecule has 5 aromatic rings. The lowest BCUT2D eigenvalue weighted by Gasteiger charge is -2.14. The summed E-state index contributed by atoms with van der Waals surface area (Å²) in [5, 5.41) is 14.0. The normalized spacial score (nSPS) is 14.3. The number of aryl methyl sites for hydroxylation is 2. The van der Waals surface area contributed by atoms with Crippen LogP contribution in [0, 0.1) is 6.92 Å². The molecular weight excluding hydrogens is 488 g/mol. The summed E-state index contributed by atoms with van der Waals surface area (Å²) >= 11 is 0. The highest BCUT2D eigenvalue weighted by molar-refractivity contribution is 5.84. The van der Waals surface area contributed by atoms with E-state index in [1.165, 1.54) is 19.6 Å². The Bertz CT molecular complexity index is 1690. The number of benzene rings is 1. The van der Waals surface area contributed by atoms with Crippen LogP contribution < -0.4 is 10.9 Å². The number of tetrazole rings is 1. The third-order valence-corrected chi connectivity index (χ3v) is 6.38. The predicted octanol–water partition coefficient (Wildman–Crippen LogP) is 2.69. The van der Waals surface area contributed by atoms with Crippen LogP contribution in [0.4, 0.5) is 10.5 Å². The first kappa shape index (κ1) is 23.2. The van der Waals surface area contributed by atoms with Gasteiger partial charge in [0.1, 0.15) is 18.0 Å². The van der Waals surface area contributed by atoms with Crippen molar-refractivity contribution in [2.45, 2.75) is 25.8 Å². The summed E-state index contributed by atoms with van der Waals surface area (Å²) in [6.45, 7) is 1.98. The molecule has 1 aromatic carbocycles. The van der Waals surface area contributed by atoms with Crippen molar-refractivity contribution in [2.24, 2.45) is 0 Å². The van der Waals surface area contributed by atoms with E-state index < -0.39 is 6.09 Å². The molecule has 0 bridgehead atoms. The maximum absolute atomic E-state index is 13.4. The number of hydrogen-bond acceptors (Lipinski definition) is 9. The van der Waals surface area contributed by atoms with Gasteiger partial charge in [0, 0.05) is 18.1 Å². The number of fused-ring (bicyclic) bond motifs is 1. The molecule has 0 aliphatic carbocycles. The average molecular weight is 511 g/mol. The summed E-state index contributed by atoms with van der Waals surface area (Å²) in [6, 6.07) is 10.6. The second-order valence-corrected chi connectivity index (χ2v) is 8.83. The third kappa shape index (κ3) is 4.19. The van der Waals surface area contributed by atoms with Crippen molar-refractivity contribution in [1.82, 2.24) is 44.7 Å². The number of nitrogens with zero attached hydrogens (tertiary/aromatic N) is 8. The van der Waals surface area contributed by atoms with Crippen LogP contribution >= 0.6 is 0 Å². The molecule has 2 N–H and O–H groups in total. The molecule has 0 unspecified atom stereocenters. The van der Waals surface area contributed by atoms with Crippen LogP contribution in [0.3, 0.4) is 0 Å². The van der Waals surface area contributed by atoms with E-state index in [1.807, 2.05) is 25.1 Å². The van der Waals surface area contributed by atoms with Gasteiger partial charge in [-0.3, -0.25) is 19.7 Å². The summed E-state index contributed by atoms with van der Waals surface area (Å²) in [5.74, 6) is 1.34. The molecule has 1 atom stereocenters. The maximum atomic E-state index is 13.4. The number of imidazole rings is 1. The van der Waals surface area contributed by atoms with E-state index in [2.05, 4.69) is 40.5 Å². The molecule has 1 amide bonds. The van der Waals surface area contributed by atoms with Gasteiger partial charge < -0.3 is 9.72 Å². The van der Waals surface area contributed by atoms with E-state index in [0.29, 0.717) is 47.3 Å². The molecule has 0 radical (unpaired) electrons. The minimum Gasteiger partial charge on any atom is -0.453 e. The van der Waals surface area contributed by atoms with Crippen molar-refractivity contribution in [3.05, 3.63) is 82.7 Å². The summed E-state index contributed by atoms with van der Waals surface area (Å²) < 4.78 is 7.84. The van der Waals surface area contributed by atoms with Crippen molar-refractivity contribution < 1.29 is 9.53 Å². The molecule has 0 spiro atoms. The van der Waals surface area contributed by atoms with Crippen molar-refractivity contribution in [1.29, 1.82) is 0 Å². The lowest BCUT2D eigenvalue weighted by atomic mass is 10.1. The first-order valence-electron chi connectivity index (χ1n) is 11.8. The summed E-state index contributed by atoms with van der Waals surface area (Å²) in [5.41, 5.74) is 4.81. The van der Waals surface area contributed by atoms with Crippen LogP contribution in [0.15, 0.2) is 59.9 Å². The SMILES string of the molecule is COC(=O)Nc1ccc(-c2cnc([C@@H]3CCc4nc(-c5cc(C)ccc5-n5cnnn5)cc(=O)n43)[nH]2)nc1. The molecular formula is C25H22N10O3. The van der Waals surface area contributed by atoms with Gasteiger partial charge in [-0.2, -0.15) is 4.68 Å². The molecule has 4 aromatic heterocycles. The van der Waals surface area contributed by atoms with Crippen LogP contribution in [0.1, 0.15) is 29.7 Å². The van der Waals surface area contributed by atoms with Crippen molar-refractivity contribution in [3.63, 3.8) is 0 Å². The topological polar surface area (TPSA) is 158 Å². The highest BCUT2D eigenvalue weighted by atomic mass is 16.5. The Kier molecular flexibility index (Phi) is 5.71. The van der Waals surface area contributed by atoms with E-state index in [1.54, 1.807) is 33.6 Å². The summed E-state index contributed by atoms with van der Waals surface area (Å²) in [7, 11) is 1.29. The zero-order valence-corrected chi connectivity index (χ0v) is 20.5. The highest BCUT2D eigenvalue weighted by Crippen LogP contribution is 2.31. The number of amides is 1. The number of aromatic amines is 1. The van der Waals surface area contributed by atoms with E-state index in [4.69, 9.17) is 4.98 Å². The van der Waals surface area contributed by atoms with Gasteiger partial charge in [0.2, 0.25) is 0 Å². The Morgan fingerprint density at radius 2 is 2.03 bits per heavy atom. The molecule has 0 fully saturated rings. The van der Waals surface area contributed by atoms with Gasteiger partial charge >= 0.3 is 6.09 Å². The van der Waals surface area contributed by atoms with E-state index >= 15 is 0 Å². The quantitative estimate of drug-likeness (QED) is 0.362. The fraction of sp³-hybridized carbons (Fsp3) is 0.200. The number of hydrogen-bond donors (Lipinski definition) is 2. The maximum Gasteiger partial charge on any atom is 0.411 e. The number of H-pyrrole nitrogens is 1. The zero-order chi connectivity index (χ0) is 26.2. The Labute approximate surface area is 215 Å². The number of aromatic nitrogens is 9. The fourth-order valence-electron chi connectivity index (χ4n) is 4.60. The minimum absolute atomic E-state index is 0.161. The Morgan fingerprint density at radius 1 is 1.13 bits per heavy atom. The van der Waals surface area contributed by atoms with Gasteiger partial charge in [0.25, 0.3) is 5.56 Å². The molecule has 5 heterocycles. The Hall–Kier alpha value is -5.20. The number of ether oxygens (including phenoxy) is 1. The van der Waals surface area contributed by atoms with Crippen LogP contribution in [0.2, 0.25) is 0 Å². The largest absolute Gasteiger partial charge is 0.453 e. The minimum atomic E-state index is -0.570. The molecule has 6 rings (SSSR count). The molecule has 38 heavy (non-hydrogen) atoms. The third-order valence-electron chi connectivity index (χ3n) is 6.38. The molecule has 190 valence electrons. The molecule has 1 aliphatic rings. The zero-order valence-electron chi connectivity index (χ0n) is 20.5. The molecule has 13 nitrogen and oxygen atoms in total. The molecule has 0 saturated carbocycles. The van der Waals surface area contributed by atoms with Crippen molar-refractivity contribution in [2.75, 3.05) is 12.4 Å². The monoisotopic (exact) mass is 510 g/mol. The van der Waals surface area contributed by atoms with E-state index in [9.17, 15) is 9.59 Å². The van der Waals surface area contributed by atoms with Crippen LogP contribution in [-0.4, -0.2) is 57.9 Å². The van der Waals surface area contributed by atoms with Crippen LogP contribution in [0.25, 0.3) is 28.3 Å². The van der Waals surface area contributed by atoms with Crippen molar-refractivity contribution in [3.8, 4) is 28.3 Å². The lowest BCUT2D eigenvalue weighted by molar-refractivity contribution is 0.187. The average Bonchev–Trinajstić information content (AvgIpc) is 3.70. The Morgan fingerprint density at radius 3 is 2.79 bits per heavy atom. The number of anilines is 1. The summed E-state index contributed by atoms with van der Waals surface area (Å²) in [4.78, 5) is 41.8. The predicted molar refractivity (Wildman–Crippen MR) is 136 cm³/mol. The smallest absolute Gasteiger partial charge is 0.411 e. The number of carbonyl (C=O) groups is 1. The van der Waals surface area contributed by atoms with Gasteiger partial charge in [0.05, 0.1) is 54.0 Å². The molecule has 13 heteroatoms. The van der Waals surface area contributed by atoms with E-state index in [0.717, 1.165) is 16.8 Å². The van der Waals surface area contributed by atoms with E-state index in [-0.39, 0.29) is 11.6 Å². The first-order chi connectivity index (χ1) is 18.5. The number of rotatable bonds is 5. The molecule has 1 aliphatic heterocycles. The lowest BCUT2D eigenvalue weighted by Crippen LogP contribution is -2.25. The molecule has 0 saturated heterocycles. The van der Waals surface area contributed by atoms with Gasteiger partial charge in [-0.05, 0) is 48.0 Å². The Balaban J connectivity index is 1.30. The fourth-order valence-corrected chi connectivity index (χ4v) is 4.60. The second-order valence-electron chi connectivity index (χ2n) is 8.83. The van der Waals surface area contributed by atoms with Crippen molar-refractivity contribution >= 4 is 11.8 Å². The number of carbonyl (C=O) groups excluding carboxylic acids is 1. The van der Waals surface area contributed by atoms with Gasteiger partial charge in [0.15, 0.2) is 0 Å². The number of pyridine rings is 1. The highest BCUT2D eigenvalue weighted by Gasteiger charge is 2.29. The van der Waals surface area contributed by atoms with Gasteiger partial charge in [-0.1, -0.05) is 11.6 Å². The van der Waals surface area contributed by atoms with Crippen LogP contribution in [-0.2, 0) is 11.2 Å². The van der Waals surface area contributed by atoms with Gasteiger partial charge in [-0.15, -0.1) is 5.10 Å². The van der Waals surface area contributed by atoms with Gasteiger partial charge in [-0.25, -0.2) is 14.8 Å².